The quantitative estimate of drug-likeness (QED) is 0.738. The van der Waals surface area contributed by atoms with Crippen molar-refractivity contribution in [1.29, 1.82) is 0 Å². The molecule has 2 aromatic carbocycles. The summed E-state index contributed by atoms with van der Waals surface area (Å²) in [6.07, 6.45) is 2.26. The monoisotopic (exact) mass is 382 g/mol. The molecule has 0 N–H and O–H groups in total. The molecule has 0 radical (unpaired) electrons. The van der Waals surface area contributed by atoms with Gasteiger partial charge in [-0.15, -0.1) is 0 Å². The summed E-state index contributed by atoms with van der Waals surface area (Å²) in [6, 6.07) is 5.95. The zero-order valence-corrected chi connectivity index (χ0v) is 16.2. The molecule has 0 aliphatic carbocycles. The number of hydrogen-bond donors (Lipinski definition) is 0. The number of benzene rings is 2. The summed E-state index contributed by atoms with van der Waals surface area (Å²) < 4.78 is 35.6. The molecule has 6 nitrogen and oxygen atoms in total. The third kappa shape index (κ3) is 2.20. The molecule has 2 atom stereocenters. The van der Waals surface area contributed by atoms with E-state index >= 15 is 0 Å². The zero-order chi connectivity index (χ0) is 19.0. The van der Waals surface area contributed by atoms with Crippen molar-refractivity contribution in [1.82, 2.24) is 0 Å². The van der Waals surface area contributed by atoms with E-state index in [2.05, 4.69) is 13.8 Å². The summed E-state index contributed by atoms with van der Waals surface area (Å²) in [5, 5.41) is 0. The highest BCUT2D eigenvalue weighted by atomic mass is 16.7. The lowest BCUT2D eigenvalue weighted by Crippen LogP contribution is -2.37. The fourth-order valence-corrected chi connectivity index (χ4v) is 4.74. The normalized spacial score (nSPS) is 24.7. The summed E-state index contributed by atoms with van der Waals surface area (Å²) in [4.78, 5) is 0. The van der Waals surface area contributed by atoms with E-state index in [1.54, 1.807) is 7.11 Å². The number of fused-ring (bicyclic) bond motifs is 8. The fraction of sp³-hybridized carbons (Fsp3) is 0.455. The molecule has 0 amide bonds. The topological polar surface area (TPSA) is 55.4 Å². The van der Waals surface area contributed by atoms with Crippen molar-refractivity contribution in [2.45, 2.75) is 50.9 Å². The second kappa shape index (κ2) is 5.40. The van der Waals surface area contributed by atoms with E-state index < -0.39 is 0 Å². The maximum absolute atomic E-state index is 6.24. The van der Waals surface area contributed by atoms with Crippen molar-refractivity contribution in [2.24, 2.45) is 0 Å². The summed E-state index contributed by atoms with van der Waals surface area (Å²) in [5.41, 5.74) is 3.08. The van der Waals surface area contributed by atoms with Crippen molar-refractivity contribution in [3.8, 4) is 34.5 Å². The van der Waals surface area contributed by atoms with Crippen LogP contribution in [0.3, 0.4) is 0 Å². The van der Waals surface area contributed by atoms with Crippen LogP contribution in [0.5, 0.6) is 34.5 Å². The van der Waals surface area contributed by atoms with Crippen LogP contribution in [0.2, 0.25) is 0 Å². The highest BCUT2D eigenvalue weighted by Crippen LogP contribution is 2.56. The molecule has 0 fully saturated rings. The van der Waals surface area contributed by atoms with Crippen LogP contribution < -0.4 is 28.4 Å². The van der Waals surface area contributed by atoms with Crippen LogP contribution in [-0.2, 0) is 6.42 Å². The van der Waals surface area contributed by atoms with E-state index in [0.29, 0.717) is 5.75 Å². The highest BCUT2D eigenvalue weighted by molar-refractivity contribution is 5.65. The van der Waals surface area contributed by atoms with Gasteiger partial charge in [0.05, 0.1) is 7.11 Å². The molecule has 6 rings (SSSR count). The molecule has 0 aromatic heterocycles. The molecule has 4 aliphatic rings. The van der Waals surface area contributed by atoms with Crippen molar-refractivity contribution < 1.29 is 28.4 Å². The molecular formula is C22H22O6. The molecule has 6 heteroatoms. The summed E-state index contributed by atoms with van der Waals surface area (Å²) in [7, 11) is 1.72. The number of rotatable bonds is 1. The smallest absolute Gasteiger partial charge is 0.242 e. The first kappa shape index (κ1) is 16.2. The van der Waals surface area contributed by atoms with Gasteiger partial charge in [-0.05, 0) is 32.8 Å². The minimum atomic E-state index is -0.343. The van der Waals surface area contributed by atoms with Gasteiger partial charge in [0, 0.05) is 41.2 Å². The number of ether oxygens (including phenoxy) is 6. The van der Waals surface area contributed by atoms with Crippen LogP contribution in [0, 0.1) is 0 Å². The standard InChI is InChI=1S/C22H22O6/c1-22(2)5-4-11-15(28-22)9-18-20(21(11)23-3)13-7-19(27-18)26-14-8-17-16(6-12(13)14)24-10-25-17/h6,8-9,13,19H,4-5,7,10H2,1-3H3. The van der Waals surface area contributed by atoms with Gasteiger partial charge in [-0.1, -0.05) is 0 Å². The van der Waals surface area contributed by atoms with E-state index in [4.69, 9.17) is 28.4 Å². The minimum Gasteiger partial charge on any atom is -0.496 e. The van der Waals surface area contributed by atoms with Gasteiger partial charge in [0.15, 0.2) is 11.5 Å². The molecule has 146 valence electrons. The molecule has 0 saturated heterocycles. The van der Waals surface area contributed by atoms with Crippen LogP contribution >= 0.6 is 0 Å². The Hall–Kier alpha value is -2.76. The predicted octanol–water partition coefficient (Wildman–Crippen LogP) is 4.16. The Balaban J connectivity index is 1.54. The molecular weight excluding hydrogens is 360 g/mol. The Morgan fingerprint density at radius 1 is 0.964 bits per heavy atom. The predicted molar refractivity (Wildman–Crippen MR) is 100 cm³/mol. The Bertz CT molecular complexity index is 995. The molecule has 2 unspecified atom stereocenters. The first-order valence-corrected chi connectivity index (χ1v) is 9.72. The highest BCUT2D eigenvalue weighted by Gasteiger charge is 2.42. The molecule has 0 saturated carbocycles. The van der Waals surface area contributed by atoms with Crippen molar-refractivity contribution >= 4 is 0 Å². The van der Waals surface area contributed by atoms with Crippen LogP contribution in [0.4, 0.5) is 0 Å². The maximum atomic E-state index is 6.24. The van der Waals surface area contributed by atoms with Crippen LogP contribution in [0.15, 0.2) is 18.2 Å². The molecule has 0 spiro atoms. The lowest BCUT2D eigenvalue weighted by Gasteiger charge is -2.40. The van der Waals surface area contributed by atoms with Gasteiger partial charge in [0.2, 0.25) is 13.1 Å². The second-order valence-corrected chi connectivity index (χ2v) is 8.36. The van der Waals surface area contributed by atoms with Crippen LogP contribution in [0.1, 0.15) is 49.3 Å². The minimum absolute atomic E-state index is 0.113. The summed E-state index contributed by atoms with van der Waals surface area (Å²) >= 11 is 0. The van der Waals surface area contributed by atoms with Crippen LogP contribution in [-0.4, -0.2) is 25.8 Å². The second-order valence-electron chi connectivity index (χ2n) is 8.36. The Kier molecular flexibility index (Phi) is 3.13. The van der Waals surface area contributed by atoms with Crippen LogP contribution in [0.25, 0.3) is 0 Å². The van der Waals surface area contributed by atoms with E-state index in [1.165, 1.54) is 0 Å². The lowest BCUT2D eigenvalue weighted by atomic mass is 9.81. The summed E-state index contributed by atoms with van der Waals surface area (Å²) in [6.45, 7) is 4.46. The van der Waals surface area contributed by atoms with E-state index in [1.807, 2.05) is 18.2 Å². The van der Waals surface area contributed by atoms with Crippen molar-refractivity contribution in [3.05, 3.63) is 34.9 Å². The van der Waals surface area contributed by atoms with Gasteiger partial charge in [-0.25, -0.2) is 0 Å². The van der Waals surface area contributed by atoms with Gasteiger partial charge < -0.3 is 28.4 Å². The summed E-state index contributed by atoms with van der Waals surface area (Å²) in [5.74, 6) is 4.87. The van der Waals surface area contributed by atoms with E-state index in [9.17, 15) is 0 Å². The average Bonchev–Trinajstić information content (AvgIpc) is 3.11. The van der Waals surface area contributed by atoms with E-state index in [0.717, 1.165) is 64.7 Å². The van der Waals surface area contributed by atoms with Gasteiger partial charge >= 0.3 is 0 Å². The third-order valence-corrected chi connectivity index (χ3v) is 6.09. The first-order valence-electron chi connectivity index (χ1n) is 9.72. The molecule has 4 aliphatic heterocycles. The first-order chi connectivity index (χ1) is 13.5. The molecule has 4 heterocycles. The molecule has 2 bridgehead atoms. The van der Waals surface area contributed by atoms with E-state index in [-0.39, 0.29) is 24.6 Å². The average molecular weight is 382 g/mol. The molecule has 28 heavy (non-hydrogen) atoms. The SMILES string of the molecule is COc1c2c(cc3c1C1CC(Oc4cc5c(cc41)OCO5)O3)OC(C)(C)CC2. The maximum Gasteiger partial charge on any atom is 0.242 e. The van der Waals surface area contributed by atoms with Gasteiger partial charge in [0.25, 0.3) is 0 Å². The van der Waals surface area contributed by atoms with Gasteiger partial charge in [-0.2, -0.15) is 0 Å². The molecule has 2 aromatic rings. The lowest BCUT2D eigenvalue weighted by molar-refractivity contribution is -0.0277. The number of hydrogen-bond acceptors (Lipinski definition) is 6. The van der Waals surface area contributed by atoms with Gasteiger partial charge in [-0.3, -0.25) is 0 Å². The number of methoxy groups -OCH3 is 1. The largest absolute Gasteiger partial charge is 0.496 e. The third-order valence-electron chi connectivity index (χ3n) is 6.09. The Labute approximate surface area is 163 Å². The Morgan fingerprint density at radius 3 is 2.54 bits per heavy atom. The van der Waals surface area contributed by atoms with Crippen molar-refractivity contribution in [3.63, 3.8) is 0 Å². The Morgan fingerprint density at radius 2 is 1.71 bits per heavy atom. The van der Waals surface area contributed by atoms with Crippen molar-refractivity contribution in [2.75, 3.05) is 13.9 Å². The van der Waals surface area contributed by atoms with Gasteiger partial charge in [0.1, 0.15) is 28.6 Å². The fourth-order valence-electron chi connectivity index (χ4n) is 4.74. The zero-order valence-electron chi connectivity index (χ0n) is 16.2.